The zero-order valence-corrected chi connectivity index (χ0v) is 12.9. The van der Waals surface area contributed by atoms with Crippen LogP contribution < -0.4 is 4.90 Å². The molecule has 0 radical (unpaired) electrons. The van der Waals surface area contributed by atoms with Gasteiger partial charge in [0, 0.05) is 37.2 Å². The van der Waals surface area contributed by atoms with Gasteiger partial charge in [0.25, 0.3) is 5.91 Å². The quantitative estimate of drug-likeness (QED) is 0.866. The first-order valence-corrected chi connectivity index (χ1v) is 7.87. The first-order valence-electron chi connectivity index (χ1n) is 7.87. The minimum Gasteiger partial charge on any atom is -0.342 e. The van der Waals surface area contributed by atoms with Gasteiger partial charge in [-0.3, -0.25) is 9.78 Å². The Kier molecular flexibility index (Phi) is 4.37. The van der Waals surface area contributed by atoms with Crippen molar-refractivity contribution in [3.05, 3.63) is 54.4 Å². The summed E-state index contributed by atoms with van der Waals surface area (Å²) in [5.74, 6) is 0.0449. The van der Waals surface area contributed by atoms with E-state index in [2.05, 4.69) is 28.9 Å². The molecule has 114 valence electrons. The molecular weight excluding hydrogens is 274 g/mol. The Morgan fingerprint density at radius 2 is 1.86 bits per heavy atom. The highest BCUT2D eigenvalue weighted by Crippen LogP contribution is 2.25. The summed E-state index contributed by atoms with van der Waals surface area (Å²) < 4.78 is 0. The van der Waals surface area contributed by atoms with Gasteiger partial charge in [0.2, 0.25) is 0 Å². The molecule has 0 atom stereocenters. The summed E-state index contributed by atoms with van der Waals surface area (Å²) in [6.07, 6.45) is 3.91. The highest BCUT2D eigenvalue weighted by molar-refractivity contribution is 5.93. The van der Waals surface area contributed by atoms with Crippen LogP contribution in [0, 0.1) is 0 Å². The Hall–Kier alpha value is -2.36. The lowest BCUT2D eigenvalue weighted by Crippen LogP contribution is -2.28. The van der Waals surface area contributed by atoms with Crippen LogP contribution in [-0.2, 0) is 0 Å². The van der Waals surface area contributed by atoms with Crippen molar-refractivity contribution in [2.45, 2.75) is 19.8 Å². The molecule has 1 aliphatic heterocycles. The first-order chi connectivity index (χ1) is 10.8. The number of benzene rings is 1. The largest absolute Gasteiger partial charge is 0.342 e. The molecule has 1 aliphatic rings. The highest BCUT2D eigenvalue weighted by atomic mass is 16.2. The van der Waals surface area contributed by atoms with E-state index in [1.54, 1.807) is 6.20 Å². The van der Waals surface area contributed by atoms with E-state index in [1.165, 1.54) is 0 Å². The van der Waals surface area contributed by atoms with Crippen molar-refractivity contribution in [3.63, 3.8) is 0 Å². The second-order valence-corrected chi connectivity index (χ2v) is 5.48. The molecule has 1 aromatic carbocycles. The van der Waals surface area contributed by atoms with Crippen LogP contribution in [0.15, 0.2) is 48.7 Å². The van der Waals surface area contributed by atoms with Crippen molar-refractivity contribution in [1.82, 2.24) is 9.88 Å². The van der Waals surface area contributed by atoms with Gasteiger partial charge in [-0.05, 0) is 44.0 Å². The third-order valence-corrected chi connectivity index (χ3v) is 4.05. The van der Waals surface area contributed by atoms with Crippen molar-refractivity contribution in [2.24, 2.45) is 0 Å². The molecule has 1 fully saturated rings. The number of anilines is 2. The first kappa shape index (κ1) is 14.6. The minimum absolute atomic E-state index is 0.0449. The Balaban J connectivity index is 1.88. The van der Waals surface area contributed by atoms with E-state index in [1.807, 2.05) is 35.2 Å². The molecule has 2 heterocycles. The number of aromatic nitrogens is 1. The Morgan fingerprint density at radius 3 is 2.55 bits per heavy atom. The van der Waals surface area contributed by atoms with Crippen molar-refractivity contribution in [3.8, 4) is 0 Å². The van der Waals surface area contributed by atoms with Gasteiger partial charge in [0.1, 0.15) is 5.69 Å². The maximum Gasteiger partial charge on any atom is 0.272 e. The Labute approximate surface area is 131 Å². The van der Waals surface area contributed by atoms with E-state index < -0.39 is 0 Å². The van der Waals surface area contributed by atoms with Gasteiger partial charge in [-0.2, -0.15) is 0 Å². The number of carbonyl (C=O) groups excluding carboxylic acids is 1. The van der Waals surface area contributed by atoms with Crippen molar-refractivity contribution in [1.29, 1.82) is 0 Å². The average Bonchev–Trinajstić information content (AvgIpc) is 3.11. The molecule has 4 heteroatoms. The van der Waals surface area contributed by atoms with Crippen LogP contribution in [0.1, 0.15) is 30.3 Å². The normalized spacial score (nSPS) is 14.1. The van der Waals surface area contributed by atoms with Crippen molar-refractivity contribution in [2.75, 3.05) is 24.5 Å². The van der Waals surface area contributed by atoms with E-state index in [4.69, 9.17) is 0 Å². The smallest absolute Gasteiger partial charge is 0.272 e. The van der Waals surface area contributed by atoms with Crippen LogP contribution >= 0.6 is 0 Å². The summed E-state index contributed by atoms with van der Waals surface area (Å²) in [5, 5.41) is 0. The number of rotatable bonds is 4. The molecule has 0 N–H and O–H groups in total. The summed E-state index contributed by atoms with van der Waals surface area (Å²) in [6, 6.07) is 14.1. The molecular formula is C18H21N3O. The predicted octanol–water partition coefficient (Wildman–Crippen LogP) is 3.48. The summed E-state index contributed by atoms with van der Waals surface area (Å²) in [7, 11) is 0. The summed E-state index contributed by atoms with van der Waals surface area (Å²) in [5.41, 5.74) is 2.66. The lowest BCUT2D eigenvalue weighted by atomic mass is 10.2. The van der Waals surface area contributed by atoms with Gasteiger partial charge in [-0.1, -0.05) is 18.2 Å². The third-order valence-electron chi connectivity index (χ3n) is 4.05. The number of likely N-dealkylation sites (tertiary alicyclic amines) is 1. The number of amides is 1. The Morgan fingerprint density at radius 1 is 1.14 bits per heavy atom. The molecule has 1 amide bonds. The lowest BCUT2D eigenvalue weighted by Gasteiger charge is -2.24. The molecule has 3 rings (SSSR count). The van der Waals surface area contributed by atoms with Crippen LogP contribution in [0.4, 0.5) is 11.4 Å². The molecule has 0 spiro atoms. The van der Waals surface area contributed by atoms with Crippen LogP contribution in [0.2, 0.25) is 0 Å². The third kappa shape index (κ3) is 2.96. The van der Waals surface area contributed by atoms with Crippen LogP contribution in [0.5, 0.6) is 0 Å². The second-order valence-electron chi connectivity index (χ2n) is 5.48. The summed E-state index contributed by atoms with van der Waals surface area (Å²) >= 11 is 0. The molecule has 0 saturated carbocycles. The fourth-order valence-electron chi connectivity index (χ4n) is 2.91. The fourth-order valence-corrected chi connectivity index (χ4v) is 2.91. The number of pyridine rings is 1. The van der Waals surface area contributed by atoms with Gasteiger partial charge in [0.05, 0.1) is 0 Å². The molecule has 0 unspecified atom stereocenters. The van der Waals surface area contributed by atoms with Crippen LogP contribution in [0.3, 0.4) is 0 Å². The fraction of sp³-hybridized carbons (Fsp3) is 0.333. The lowest BCUT2D eigenvalue weighted by molar-refractivity contribution is 0.0787. The van der Waals surface area contributed by atoms with E-state index in [-0.39, 0.29) is 5.91 Å². The highest BCUT2D eigenvalue weighted by Gasteiger charge is 2.21. The molecule has 1 aromatic heterocycles. The van der Waals surface area contributed by atoms with Gasteiger partial charge < -0.3 is 9.80 Å². The van der Waals surface area contributed by atoms with E-state index >= 15 is 0 Å². The number of hydrogen-bond donors (Lipinski definition) is 0. The topological polar surface area (TPSA) is 36.4 Å². The van der Waals surface area contributed by atoms with E-state index in [0.717, 1.165) is 43.9 Å². The maximum atomic E-state index is 12.5. The van der Waals surface area contributed by atoms with Crippen LogP contribution in [0.25, 0.3) is 0 Å². The molecule has 0 aliphatic carbocycles. The summed E-state index contributed by atoms with van der Waals surface area (Å²) in [6.45, 7) is 4.64. The van der Waals surface area contributed by atoms with Crippen LogP contribution in [-0.4, -0.2) is 35.4 Å². The molecule has 2 aromatic rings. The number of nitrogens with zero attached hydrogens (tertiary/aromatic N) is 3. The molecule has 4 nitrogen and oxygen atoms in total. The summed E-state index contributed by atoms with van der Waals surface area (Å²) in [4.78, 5) is 20.8. The SMILES string of the molecule is CCN(c1ccccc1)c1ccnc(C(=O)N2CCCC2)c1. The molecule has 1 saturated heterocycles. The average molecular weight is 295 g/mol. The van der Waals surface area contributed by atoms with Gasteiger partial charge in [-0.15, -0.1) is 0 Å². The Bertz CT molecular complexity index is 636. The van der Waals surface area contributed by atoms with Gasteiger partial charge >= 0.3 is 0 Å². The maximum absolute atomic E-state index is 12.5. The number of hydrogen-bond acceptors (Lipinski definition) is 3. The molecule has 0 bridgehead atoms. The molecule has 22 heavy (non-hydrogen) atoms. The number of para-hydroxylation sites is 1. The zero-order valence-electron chi connectivity index (χ0n) is 12.9. The van der Waals surface area contributed by atoms with Gasteiger partial charge in [-0.25, -0.2) is 0 Å². The van der Waals surface area contributed by atoms with Gasteiger partial charge in [0.15, 0.2) is 0 Å². The van der Waals surface area contributed by atoms with Crippen molar-refractivity contribution >= 4 is 17.3 Å². The van der Waals surface area contributed by atoms with E-state index in [9.17, 15) is 4.79 Å². The second kappa shape index (κ2) is 6.60. The minimum atomic E-state index is 0.0449. The zero-order chi connectivity index (χ0) is 15.4. The monoisotopic (exact) mass is 295 g/mol. The van der Waals surface area contributed by atoms with Crippen molar-refractivity contribution < 1.29 is 4.79 Å². The van der Waals surface area contributed by atoms with E-state index in [0.29, 0.717) is 5.69 Å². The predicted molar refractivity (Wildman–Crippen MR) is 88.5 cm³/mol. The number of carbonyl (C=O) groups is 1. The standard InChI is InChI=1S/C18H21N3O/c1-2-21(15-8-4-3-5-9-15)16-10-11-19-17(14-16)18(22)20-12-6-7-13-20/h3-5,8-11,14H,2,6-7,12-13H2,1H3.